The van der Waals surface area contributed by atoms with Crippen molar-refractivity contribution in [1.82, 2.24) is 10.2 Å². The molecule has 122 valence electrons. The molecule has 1 saturated heterocycles. The van der Waals surface area contributed by atoms with Crippen LogP contribution < -0.4 is 5.32 Å². The van der Waals surface area contributed by atoms with Crippen molar-refractivity contribution in [1.29, 1.82) is 0 Å². The Morgan fingerprint density at radius 3 is 2.24 bits per heavy atom. The van der Waals surface area contributed by atoms with Gasteiger partial charge in [-0.25, -0.2) is 4.79 Å². The number of aliphatic hydroxyl groups excluding tert-OH is 1. The molecular weight excluding hydrogens is 264 g/mol. The minimum absolute atomic E-state index is 0.0478. The summed E-state index contributed by atoms with van der Waals surface area (Å²) in [5.74, 6) is 0.703. The van der Waals surface area contributed by atoms with E-state index >= 15 is 0 Å². The summed E-state index contributed by atoms with van der Waals surface area (Å²) in [6.45, 7) is 9.27. The maximum Gasteiger partial charge on any atom is 0.317 e. The summed E-state index contributed by atoms with van der Waals surface area (Å²) < 4.78 is 0. The van der Waals surface area contributed by atoms with Gasteiger partial charge in [0.1, 0.15) is 0 Å². The molecule has 0 unspecified atom stereocenters. The molecule has 1 aliphatic carbocycles. The topological polar surface area (TPSA) is 52.6 Å². The van der Waals surface area contributed by atoms with Crippen molar-refractivity contribution in [3.63, 3.8) is 0 Å². The van der Waals surface area contributed by atoms with Gasteiger partial charge in [0.2, 0.25) is 0 Å². The smallest absolute Gasteiger partial charge is 0.317 e. The lowest BCUT2D eigenvalue weighted by Gasteiger charge is -2.40. The van der Waals surface area contributed by atoms with Gasteiger partial charge in [0, 0.05) is 26.2 Å². The zero-order valence-electron chi connectivity index (χ0n) is 14.0. The van der Waals surface area contributed by atoms with E-state index in [9.17, 15) is 9.90 Å². The number of nitrogens with zero attached hydrogens (tertiary/aromatic N) is 1. The van der Waals surface area contributed by atoms with Crippen molar-refractivity contribution in [2.75, 3.05) is 26.2 Å². The Kier molecular flexibility index (Phi) is 5.18. The lowest BCUT2D eigenvalue weighted by molar-refractivity contribution is 0.0517. The van der Waals surface area contributed by atoms with E-state index in [1.807, 2.05) is 4.90 Å². The first-order chi connectivity index (χ1) is 9.94. The third kappa shape index (κ3) is 4.12. The van der Waals surface area contributed by atoms with Crippen LogP contribution in [0.4, 0.5) is 4.79 Å². The summed E-state index contributed by atoms with van der Waals surface area (Å²) in [6.07, 6.45) is 6.58. The molecule has 1 aliphatic heterocycles. The molecule has 2 fully saturated rings. The number of carbonyl (C=O) groups excluding carboxylic acids is 1. The molecule has 0 atom stereocenters. The minimum atomic E-state index is 0.0478. The molecule has 0 aromatic carbocycles. The van der Waals surface area contributed by atoms with Crippen LogP contribution in [0.15, 0.2) is 0 Å². The number of rotatable bonds is 6. The van der Waals surface area contributed by atoms with Crippen LogP contribution in [0.25, 0.3) is 0 Å². The predicted molar refractivity (Wildman–Crippen MR) is 85.1 cm³/mol. The largest absolute Gasteiger partial charge is 0.396 e. The molecule has 0 aromatic rings. The van der Waals surface area contributed by atoms with Crippen LogP contribution in [-0.2, 0) is 0 Å². The molecule has 4 heteroatoms. The third-order valence-corrected chi connectivity index (χ3v) is 5.61. The maximum absolute atomic E-state index is 12.3. The number of likely N-dealkylation sites (tertiary alicyclic amines) is 1. The Morgan fingerprint density at radius 2 is 1.81 bits per heavy atom. The van der Waals surface area contributed by atoms with Crippen molar-refractivity contribution < 1.29 is 9.90 Å². The first-order valence-corrected chi connectivity index (χ1v) is 8.58. The van der Waals surface area contributed by atoms with Gasteiger partial charge in [0.05, 0.1) is 0 Å². The fraction of sp³-hybridized carbons (Fsp3) is 0.941. The van der Waals surface area contributed by atoms with Crippen molar-refractivity contribution in [2.24, 2.45) is 16.7 Å². The first-order valence-electron chi connectivity index (χ1n) is 8.58. The van der Waals surface area contributed by atoms with Gasteiger partial charge in [0.15, 0.2) is 0 Å². The predicted octanol–water partition coefficient (Wildman–Crippen LogP) is 3.01. The minimum Gasteiger partial charge on any atom is -0.396 e. The Labute approximate surface area is 129 Å². The Balaban J connectivity index is 1.75. The van der Waals surface area contributed by atoms with Crippen molar-refractivity contribution >= 4 is 6.03 Å². The van der Waals surface area contributed by atoms with Crippen LogP contribution in [0.3, 0.4) is 0 Å². The van der Waals surface area contributed by atoms with E-state index in [0.717, 1.165) is 38.9 Å². The van der Waals surface area contributed by atoms with Gasteiger partial charge < -0.3 is 15.3 Å². The summed E-state index contributed by atoms with van der Waals surface area (Å²) in [6, 6.07) is 0.0904. The normalized spacial score (nSPS) is 23.2. The number of carbonyl (C=O) groups is 1. The lowest BCUT2D eigenvalue weighted by atomic mass is 9.77. The molecule has 2 amide bonds. The van der Waals surface area contributed by atoms with E-state index in [-0.39, 0.29) is 18.1 Å². The average Bonchev–Trinajstić information content (AvgIpc) is 3.24. The van der Waals surface area contributed by atoms with E-state index in [4.69, 9.17) is 0 Å². The van der Waals surface area contributed by atoms with Gasteiger partial charge >= 0.3 is 6.03 Å². The number of nitrogens with one attached hydrogen (secondary N) is 1. The second-order valence-corrected chi connectivity index (χ2v) is 7.76. The number of hydrogen-bond acceptors (Lipinski definition) is 2. The summed E-state index contributed by atoms with van der Waals surface area (Å²) in [7, 11) is 0. The fourth-order valence-electron chi connectivity index (χ4n) is 3.68. The second kappa shape index (κ2) is 6.55. The molecular formula is C17H32N2O2. The molecule has 0 aromatic heterocycles. The Hall–Kier alpha value is -0.770. The van der Waals surface area contributed by atoms with Crippen LogP contribution >= 0.6 is 0 Å². The highest BCUT2D eigenvalue weighted by molar-refractivity contribution is 5.74. The Bertz CT molecular complexity index is 350. The lowest BCUT2D eigenvalue weighted by Crippen LogP contribution is -2.49. The second-order valence-electron chi connectivity index (χ2n) is 7.76. The maximum atomic E-state index is 12.3. The number of urea groups is 1. The monoisotopic (exact) mass is 296 g/mol. The van der Waals surface area contributed by atoms with Crippen LogP contribution in [0.1, 0.15) is 59.3 Å². The summed E-state index contributed by atoms with van der Waals surface area (Å²) in [5, 5.41) is 12.7. The molecule has 2 aliphatic rings. The molecule has 21 heavy (non-hydrogen) atoms. The van der Waals surface area contributed by atoms with Crippen LogP contribution in [0.2, 0.25) is 0 Å². The first kappa shape index (κ1) is 16.6. The highest BCUT2D eigenvalue weighted by Crippen LogP contribution is 2.50. The molecule has 4 nitrogen and oxygen atoms in total. The quantitative estimate of drug-likeness (QED) is 0.791. The SMILES string of the molecule is CCC1(CO)CCN(C(=O)NCC2(CC(C)C)CC2)CC1. The van der Waals surface area contributed by atoms with Crippen molar-refractivity contribution in [3.8, 4) is 0 Å². The number of aliphatic hydroxyl groups is 1. The van der Waals surface area contributed by atoms with Gasteiger partial charge in [0.25, 0.3) is 0 Å². The number of hydrogen-bond donors (Lipinski definition) is 2. The van der Waals surface area contributed by atoms with Crippen LogP contribution in [0, 0.1) is 16.7 Å². The summed E-state index contributed by atoms with van der Waals surface area (Å²) >= 11 is 0. The number of amides is 2. The summed E-state index contributed by atoms with van der Waals surface area (Å²) in [5.41, 5.74) is 0.435. The molecule has 0 bridgehead atoms. The standard InChI is InChI=1S/C17H32N2O2/c1-4-16(13-20)7-9-19(10-8-16)15(21)18-12-17(5-6-17)11-14(2)3/h14,20H,4-13H2,1-3H3,(H,18,21). The average molecular weight is 296 g/mol. The van der Waals surface area contributed by atoms with Gasteiger partial charge in [-0.1, -0.05) is 20.8 Å². The van der Waals surface area contributed by atoms with E-state index in [0.29, 0.717) is 11.3 Å². The number of piperidine rings is 1. The van der Waals surface area contributed by atoms with Gasteiger partial charge in [-0.05, 0) is 55.3 Å². The molecule has 0 radical (unpaired) electrons. The van der Waals surface area contributed by atoms with Crippen LogP contribution in [-0.4, -0.2) is 42.3 Å². The molecule has 2 N–H and O–H groups in total. The van der Waals surface area contributed by atoms with Gasteiger partial charge in [-0.2, -0.15) is 0 Å². The molecule has 0 spiro atoms. The summed E-state index contributed by atoms with van der Waals surface area (Å²) in [4.78, 5) is 14.2. The zero-order valence-corrected chi connectivity index (χ0v) is 14.0. The third-order valence-electron chi connectivity index (χ3n) is 5.61. The van der Waals surface area contributed by atoms with Crippen molar-refractivity contribution in [2.45, 2.75) is 59.3 Å². The molecule has 1 heterocycles. The van der Waals surface area contributed by atoms with E-state index < -0.39 is 0 Å². The van der Waals surface area contributed by atoms with Gasteiger partial charge in [-0.15, -0.1) is 0 Å². The molecule has 2 rings (SSSR count). The van der Waals surface area contributed by atoms with Crippen molar-refractivity contribution in [3.05, 3.63) is 0 Å². The fourth-order valence-corrected chi connectivity index (χ4v) is 3.68. The molecule has 1 saturated carbocycles. The highest BCUT2D eigenvalue weighted by atomic mass is 16.3. The van der Waals surface area contributed by atoms with Gasteiger partial charge in [-0.3, -0.25) is 0 Å². The highest BCUT2D eigenvalue weighted by Gasteiger charge is 2.43. The zero-order chi connectivity index (χ0) is 15.5. The van der Waals surface area contributed by atoms with Crippen LogP contribution in [0.5, 0.6) is 0 Å². The van der Waals surface area contributed by atoms with E-state index in [1.54, 1.807) is 0 Å². The van der Waals surface area contributed by atoms with E-state index in [2.05, 4.69) is 26.1 Å². The Morgan fingerprint density at radius 1 is 1.19 bits per heavy atom. The van der Waals surface area contributed by atoms with E-state index in [1.165, 1.54) is 19.3 Å².